The van der Waals surface area contributed by atoms with Gasteiger partial charge in [0, 0.05) is 10.1 Å². The summed E-state index contributed by atoms with van der Waals surface area (Å²) in [6, 6.07) is 9.11. The van der Waals surface area contributed by atoms with Crippen molar-refractivity contribution >= 4 is 22.6 Å². The molecule has 1 aromatic rings. The van der Waals surface area contributed by atoms with Gasteiger partial charge in [-0.15, -0.1) is 0 Å². The molecule has 0 aliphatic heterocycles. The number of halogens is 1. The summed E-state index contributed by atoms with van der Waals surface area (Å²) in [5.74, 6) is 0.888. The number of nitrogens with one attached hydrogen (secondary N) is 1. The van der Waals surface area contributed by atoms with E-state index in [1.807, 2.05) is 0 Å². The molecule has 0 atom stereocenters. The van der Waals surface area contributed by atoms with Gasteiger partial charge in [0.15, 0.2) is 0 Å². The van der Waals surface area contributed by atoms with Crippen LogP contribution >= 0.6 is 22.6 Å². The highest BCUT2D eigenvalue weighted by molar-refractivity contribution is 14.1. The Morgan fingerprint density at radius 2 is 1.71 bits per heavy atom. The van der Waals surface area contributed by atoms with E-state index in [9.17, 15) is 0 Å². The summed E-state index contributed by atoms with van der Waals surface area (Å²) in [5, 5.41) is 3.46. The van der Waals surface area contributed by atoms with Crippen molar-refractivity contribution in [2.24, 2.45) is 16.7 Å². The average Bonchev–Trinajstić information content (AvgIpc) is 2.41. The van der Waals surface area contributed by atoms with Gasteiger partial charge in [-0.25, -0.2) is 0 Å². The molecule has 2 heteroatoms. The highest BCUT2D eigenvalue weighted by Crippen LogP contribution is 2.46. The quantitative estimate of drug-likeness (QED) is 0.680. The normalized spacial score (nSPS) is 26.8. The second-order valence-corrected chi connectivity index (χ2v) is 9.22. The van der Waals surface area contributed by atoms with Crippen LogP contribution in [0.4, 0.5) is 0 Å². The van der Waals surface area contributed by atoms with Crippen LogP contribution in [0.2, 0.25) is 0 Å². The minimum atomic E-state index is 0.462. The van der Waals surface area contributed by atoms with Crippen molar-refractivity contribution in [3.05, 3.63) is 33.4 Å². The monoisotopic (exact) mass is 399 g/mol. The predicted octanol–water partition coefficient (Wildman–Crippen LogP) is 5.28. The van der Waals surface area contributed by atoms with E-state index >= 15 is 0 Å². The van der Waals surface area contributed by atoms with Crippen LogP contribution in [0.25, 0.3) is 0 Å². The zero-order valence-electron chi connectivity index (χ0n) is 14.0. The first kappa shape index (κ1) is 17.3. The molecule has 0 saturated heterocycles. The van der Waals surface area contributed by atoms with Gasteiger partial charge in [0.1, 0.15) is 0 Å². The van der Waals surface area contributed by atoms with E-state index in [0.29, 0.717) is 10.8 Å². The largest absolute Gasteiger partial charge is 0.319 e. The fraction of sp³-hybridized carbons (Fsp3) is 0.684. The number of benzene rings is 1. The third-order valence-corrected chi connectivity index (χ3v) is 6.03. The van der Waals surface area contributed by atoms with E-state index in [0.717, 1.165) is 12.5 Å². The van der Waals surface area contributed by atoms with Crippen LogP contribution in [0, 0.1) is 20.3 Å². The summed E-state index contributed by atoms with van der Waals surface area (Å²) in [7, 11) is 2.10. The summed E-state index contributed by atoms with van der Waals surface area (Å²) >= 11 is 2.39. The lowest BCUT2D eigenvalue weighted by atomic mass is 9.62. The Hall–Kier alpha value is -0.0900. The van der Waals surface area contributed by atoms with Crippen LogP contribution in [0.5, 0.6) is 0 Å². The highest BCUT2D eigenvalue weighted by atomic mass is 127. The van der Waals surface area contributed by atoms with Crippen LogP contribution < -0.4 is 5.32 Å². The van der Waals surface area contributed by atoms with Gasteiger partial charge in [-0.2, -0.15) is 0 Å². The Morgan fingerprint density at radius 3 is 2.19 bits per heavy atom. The van der Waals surface area contributed by atoms with Gasteiger partial charge >= 0.3 is 0 Å². The van der Waals surface area contributed by atoms with Crippen molar-refractivity contribution in [2.45, 2.75) is 52.9 Å². The zero-order chi connectivity index (χ0) is 15.5. The van der Waals surface area contributed by atoms with Gasteiger partial charge in [0.25, 0.3) is 0 Å². The molecule has 1 nitrogen and oxygen atoms in total. The molecule has 118 valence electrons. The summed E-state index contributed by atoms with van der Waals surface area (Å²) in [6.45, 7) is 8.36. The highest BCUT2D eigenvalue weighted by Gasteiger charge is 2.38. The van der Waals surface area contributed by atoms with Gasteiger partial charge in [0.05, 0.1) is 0 Å². The molecule has 1 aromatic carbocycles. The van der Waals surface area contributed by atoms with Crippen molar-refractivity contribution in [3.8, 4) is 0 Å². The maximum atomic E-state index is 3.46. The molecule has 0 heterocycles. The van der Waals surface area contributed by atoms with Crippen LogP contribution in [0.1, 0.15) is 52.0 Å². The molecule has 0 aromatic heterocycles. The molecule has 1 aliphatic carbocycles. The summed E-state index contributed by atoms with van der Waals surface area (Å²) < 4.78 is 1.33. The predicted molar refractivity (Wildman–Crippen MR) is 101 cm³/mol. The second-order valence-electron chi connectivity index (χ2n) is 7.97. The van der Waals surface area contributed by atoms with Crippen molar-refractivity contribution < 1.29 is 0 Å². The molecule has 1 aliphatic rings. The molecule has 1 N–H and O–H groups in total. The van der Waals surface area contributed by atoms with Crippen LogP contribution in [-0.4, -0.2) is 13.6 Å². The fourth-order valence-electron chi connectivity index (χ4n) is 3.92. The zero-order valence-corrected chi connectivity index (χ0v) is 16.2. The summed E-state index contributed by atoms with van der Waals surface area (Å²) in [6.07, 6.45) is 6.72. The maximum Gasteiger partial charge on any atom is 0.0130 e. The third-order valence-electron chi connectivity index (χ3n) is 5.32. The Balaban J connectivity index is 2.06. The van der Waals surface area contributed by atoms with E-state index in [1.54, 1.807) is 0 Å². The number of hydrogen-bond acceptors (Lipinski definition) is 1. The van der Waals surface area contributed by atoms with Gasteiger partial charge < -0.3 is 5.32 Å². The van der Waals surface area contributed by atoms with Gasteiger partial charge in [-0.3, -0.25) is 0 Å². The van der Waals surface area contributed by atoms with Gasteiger partial charge in [-0.05, 0) is 96.2 Å². The van der Waals surface area contributed by atoms with Crippen LogP contribution in [0.15, 0.2) is 24.3 Å². The molecule has 0 spiro atoms. The Labute approximate surface area is 144 Å². The smallest absolute Gasteiger partial charge is 0.0130 e. The SMILES string of the molecule is CNCC1(Cc2ccc(I)cc2)CCC(C(C)(C)C)CC1. The first-order chi connectivity index (χ1) is 9.85. The first-order valence-corrected chi connectivity index (χ1v) is 9.32. The molecule has 21 heavy (non-hydrogen) atoms. The number of rotatable bonds is 4. The molecule has 0 unspecified atom stereocenters. The molecule has 0 radical (unpaired) electrons. The van der Waals surface area contributed by atoms with Crippen LogP contribution in [-0.2, 0) is 6.42 Å². The average molecular weight is 399 g/mol. The van der Waals surface area contributed by atoms with Gasteiger partial charge in [0.2, 0.25) is 0 Å². The van der Waals surface area contributed by atoms with Gasteiger partial charge in [-0.1, -0.05) is 32.9 Å². The molecular weight excluding hydrogens is 369 g/mol. The molecule has 2 rings (SSSR count). The van der Waals surface area contributed by atoms with E-state index < -0.39 is 0 Å². The molecular formula is C19H30IN. The minimum absolute atomic E-state index is 0.462. The van der Waals surface area contributed by atoms with E-state index in [4.69, 9.17) is 0 Å². The lowest BCUT2D eigenvalue weighted by Crippen LogP contribution is -2.40. The Kier molecular flexibility index (Phi) is 5.75. The van der Waals surface area contributed by atoms with Crippen LogP contribution in [0.3, 0.4) is 0 Å². The van der Waals surface area contributed by atoms with Crippen molar-refractivity contribution in [2.75, 3.05) is 13.6 Å². The molecule has 1 fully saturated rings. The number of hydrogen-bond donors (Lipinski definition) is 1. The molecule has 0 bridgehead atoms. The maximum absolute atomic E-state index is 3.46. The van der Waals surface area contributed by atoms with Crippen molar-refractivity contribution in [1.82, 2.24) is 5.32 Å². The first-order valence-electron chi connectivity index (χ1n) is 8.24. The Bertz CT molecular complexity index is 436. The lowest BCUT2D eigenvalue weighted by Gasteiger charge is -2.44. The fourth-order valence-corrected chi connectivity index (χ4v) is 4.28. The standard InChI is InChI=1S/C19H30IN/c1-18(2,3)16-9-11-19(12-10-16,14-21-4)13-15-5-7-17(20)8-6-15/h5-8,16,21H,9-14H2,1-4H3. The summed E-state index contributed by atoms with van der Waals surface area (Å²) in [4.78, 5) is 0. The summed E-state index contributed by atoms with van der Waals surface area (Å²) in [5.41, 5.74) is 2.43. The van der Waals surface area contributed by atoms with E-state index in [2.05, 4.69) is 80.0 Å². The van der Waals surface area contributed by atoms with Crippen molar-refractivity contribution in [3.63, 3.8) is 0 Å². The molecule has 1 saturated carbocycles. The second kappa shape index (κ2) is 6.99. The topological polar surface area (TPSA) is 12.0 Å². The van der Waals surface area contributed by atoms with E-state index in [1.165, 1.54) is 41.2 Å². The van der Waals surface area contributed by atoms with Crippen molar-refractivity contribution in [1.29, 1.82) is 0 Å². The Morgan fingerprint density at radius 1 is 1.14 bits per heavy atom. The molecule has 0 amide bonds. The third kappa shape index (κ3) is 4.69. The van der Waals surface area contributed by atoms with E-state index in [-0.39, 0.29) is 0 Å². The minimum Gasteiger partial charge on any atom is -0.319 e. The lowest BCUT2D eigenvalue weighted by molar-refractivity contribution is 0.0877.